The number of carbonyl (C=O) groups excluding carboxylic acids is 2. The molecule has 0 N–H and O–H groups in total. The minimum absolute atomic E-state index is 0.312. The minimum atomic E-state index is -0.329. The molecule has 0 spiro atoms. The van der Waals surface area contributed by atoms with Crippen molar-refractivity contribution in [3.05, 3.63) is 25.7 Å². The minimum Gasteiger partial charge on any atom is -0.437 e. The Kier molecular flexibility index (Phi) is 12.4. The number of hydrogen-bond donors (Lipinski definition) is 0. The highest BCUT2D eigenvalue weighted by molar-refractivity contribution is 5.66. The van der Waals surface area contributed by atoms with Gasteiger partial charge < -0.3 is 9.47 Å². The molecule has 0 aliphatic heterocycles. The number of ether oxygens (including phenoxy) is 2. The van der Waals surface area contributed by atoms with E-state index in [1.54, 1.807) is 0 Å². The van der Waals surface area contributed by atoms with Crippen LogP contribution in [0.5, 0.6) is 0 Å². The summed E-state index contributed by atoms with van der Waals surface area (Å²) in [5, 5.41) is 0. The second-order valence-corrected chi connectivity index (χ2v) is 1.18. The molecule has 0 aliphatic rings. The van der Waals surface area contributed by atoms with Crippen LogP contribution in [0.2, 0.25) is 0 Å². The van der Waals surface area contributed by atoms with Gasteiger partial charge in [0.1, 0.15) is 0 Å². The molecule has 0 saturated heterocycles. The van der Waals surface area contributed by atoms with E-state index < -0.39 is 0 Å². The van der Waals surface area contributed by atoms with Gasteiger partial charge >= 0.3 is 5.97 Å². The highest BCUT2D eigenvalue weighted by Crippen LogP contribution is 1.70. The number of hydrogen-bond acceptors (Lipinski definition) is 4. The highest BCUT2D eigenvalue weighted by atomic mass is 16.5. The average molecular weight is 158 g/mol. The summed E-state index contributed by atoms with van der Waals surface area (Å²) < 4.78 is 8.08. The third-order valence-corrected chi connectivity index (χ3v) is 0.401. The Morgan fingerprint density at radius 2 is 1.91 bits per heavy atom. The fourth-order valence-corrected chi connectivity index (χ4v) is 0.157. The van der Waals surface area contributed by atoms with Crippen LogP contribution in [0, 0.1) is 0 Å². The monoisotopic (exact) mass is 158 g/mol. The van der Waals surface area contributed by atoms with Crippen LogP contribution in [0.25, 0.3) is 0 Å². The molecule has 0 amide bonds. The van der Waals surface area contributed by atoms with Crippen LogP contribution in [0.15, 0.2) is 25.7 Å². The summed E-state index contributed by atoms with van der Waals surface area (Å²) >= 11 is 0. The van der Waals surface area contributed by atoms with Gasteiger partial charge in [-0.15, -0.1) is 0 Å². The fraction of sp³-hybridized carbons (Fsp3) is 0.143. The molecular weight excluding hydrogens is 148 g/mol. The van der Waals surface area contributed by atoms with Gasteiger partial charge in [0, 0.05) is 6.92 Å². The maximum atomic E-state index is 9.75. The Balaban J connectivity index is 0. The van der Waals surface area contributed by atoms with Gasteiger partial charge in [-0.2, -0.15) is 0 Å². The summed E-state index contributed by atoms with van der Waals surface area (Å²) in [6.07, 6.45) is 2.16. The zero-order chi connectivity index (χ0) is 9.11. The van der Waals surface area contributed by atoms with Crippen molar-refractivity contribution in [3.8, 4) is 0 Å². The van der Waals surface area contributed by atoms with Crippen molar-refractivity contribution in [2.24, 2.45) is 0 Å². The molecule has 0 aromatic heterocycles. The van der Waals surface area contributed by atoms with Gasteiger partial charge in [0.2, 0.25) is 0 Å². The van der Waals surface area contributed by atoms with Gasteiger partial charge in [-0.25, -0.2) is 0 Å². The number of esters is 1. The highest BCUT2D eigenvalue weighted by Gasteiger charge is 1.79. The van der Waals surface area contributed by atoms with Gasteiger partial charge in [0.25, 0.3) is 6.47 Å². The molecule has 0 heterocycles. The van der Waals surface area contributed by atoms with E-state index >= 15 is 0 Å². The van der Waals surface area contributed by atoms with E-state index in [0.717, 1.165) is 12.5 Å². The maximum absolute atomic E-state index is 9.75. The van der Waals surface area contributed by atoms with Crippen LogP contribution in [0.1, 0.15) is 6.92 Å². The molecule has 4 heteroatoms. The van der Waals surface area contributed by atoms with Gasteiger partial charge in [0.15, 0.2) is 0 Å². The average Bonchev–Trinajstić information content (AvgIpc) is 1.90. The van der Waals surface area contributed by atoms with Crippen molar-refractivity contribution in [1.82, 2.24) is 0 Å². The predicted octanol–water partition coefficient (Wildman–Crippen LogP) is 0.996. The molecule has 0 aromatic carbocycles. The van der Waals surface area contributed by atoms with Gasteiger partial charge in [-0.3, -0.25) is 9.59 Å². The predicted molar refractivity (Wildman–Crippen MR) is 39.3 cm³/mol. The zero-order valence-electron chi connectivity index (χ0n) is 6.28. The summed E-state index contributed by atoms with van der Waals surface area (Å²) in [6.45, 7) is 7.89. The standard InChI is InChI=1S/C4H6O2.C3H4O2/c1-3-6-4(2)5;1-2-5-3-4/h3H,1H2,2H3;2-3H,1H2. The second-order valence-electron chi connectivity index (χ2n) is 1.18. The first-order valence-electron chi connectivity index (χ1n) is 2.67. The largest absolute Gasteiger partial charge is 0.437 e. The molecule has 4 nitrogen and oxygen atoms in total. The van der Waals surface area contributed by atoms with Crippen LogP contribution in [0.4, 0.5) is 0 Å². The molecule has 0 unspecified atom stereocenters. The first-order chi connectivity index (χ1) is 5.18. The number of rotatable bonds is 3. The van der Waals surface area contributed by atoms with Crippen molar-refractivity contribution in [2.45, 2.75) is 6.92 Å². The van der Waals surface area contributed by atoms with Crippen molar-refractivity contribution >= 4 is 12.4 Å². The Hall–Kier alpha value is -1.58. The van der Waals surface area contributed by atoms with Crippen molar-refractivity contribution in [3.63, 3.8) is 0 Å². The van der Waals surface area contributed by atoms with E-state index in [1.807, 2.05) is 0 Å². The molecular formula is C7H10O4. The van der Waals surface area contributed by atoms with Crippen molar-refractivity contribution < 1.29 is 19.1 Å². The zero-order valence-corrected chi connectivity index (χ0v) is 6.28. The third kappa shape index (κ3) is 29.7. The number of carbonyl (C=O) groups is 2. The molecule has 11 heavy (non-hydrogen) atoms. The Morgan fingerprint density at radius 3 is 1.91 bits per heavy atom. The van der Waals surface area contributed by atoms with Crippen molar-refractivity contribution in [1.29, 1.82) is 0 Å². The summed E-state index contributed by atoms with van der Waals surface area (Å²) in [5.41, 5.74) is 0. The summed E-state index contributed by atoms with van der Waals surface area (Å²) in [4.78, 5) is 18.9. The topological polar surface area (TPSA) is 52.6 Å². The fourth-order valence-electron chi connectivity index (χ4n) is 0.157. The van der Waals surface area contributed by atoms with E-state index in [-0.39, 0.29) is 5.97 Å². The Labute approximate surface area is 65.1 Å². The summed E-state index contributed by atoms with van der Waals surface area (Å²) in [6, 6.07) is 0. The molecule has 0 radical (unpaired) electrons. The quantitative estimate of drug-likeness (QED) is 0.349. The van der Waals surface area contributed by atoms with Crippen LogP contribution < -0.4 is 0 Å². The Morgan fingerprint density at radius 1 is 1.36 bits per heavy atom. The maximum Gasteiger partial charge on any atom is 0.307 e. The van der Waals surface area contributed by atoms with Gasteiger partial charge in [-0.05, 0) is 0 Å². The van der Waals surface area contributed by atoms with E-state index in [1.165, 1.54) is 6.92 Å². The van der Waals surface area contributed by atoms with Crippen molar-refractivity contribution in [2.75, 3.05) is 0 Å². The molecule has 0 aliphatic carbocycles. The first kappa shape index (κ1) is 12.1. The first-order valence-corrected chi connectivity index (χ1v) is 2.67. The molecule has 0 bridgehead atoms. The van der Waals surface area contributed by atoms with E-state index in [2.05, 4.69) is 22.6 Å². The van der Waals surface area contributed by atoms with E-state index in [0.29, 0.717) is 6.47 Å². The molecule has 62 valence electrons. The Bertz CT molecular complexity index is 133. The van der Waals surface area contributed by atoms with Crippen LogP contribution in [-0.4, -0.2) is 12.4 Å². The normalized spacial score (nSPS) is 6.27. The summed E-state index contributed by atoms with van der Waals surface area (Å²) in [5.74, 6) is -0.329. The molecule has 0 saturated carbocycles. The van der Waals surface area contributed by atoms with Crippen LogP contribution in [-0.2, 0) is 19.1 Å². The lowest BCUT2D eigenvalue weighted by Gasteiger charge is -1.83. The smallest absolute Gasteiger partial charge is 0.307 e. The summed E-state index contributed by atoms with van der Waals surface area (Å²) in [7, 11) is 0. The lowest BCUT2D eigenvalue weighted by molar-refractivity contribution is -0.135. The van der Waals surface area contributed by atoms with Gasteiger partial charge in [0.05, 0.1) is 12.5 Å². The molecule has 0 aromatic rings. The lowest BCUT2D eigenvalue weighted by Crippen LogP contribution is -1.87. The SMILES string of the molecule is C=COC(C)=O.C=COC=O. The van der Waals surface area contributed by atoms with Gasteiger partial charge in [-0.1, -0.05) is 13.2 Å². The van der Waals surface area contributed by atoms with E-state index in [4.69, 9.17) is 4.79 Å². The molecule has 0 fully saturated rings. The van der Waals surface area contributed by atoms with E-state index in [9.17, 15) is 4.79 Å². The lowest BCUT2D eigenvalue weighted by atomic mass is 10.8. The molecule has 0 rings (SSSR count). The second kappa shape index (κ2) is 11.2. The van der Waals surface area contributed by atoms with Crippen LogP contribution >= 0.6 is 0 Å². The van der Waals surface area contributed by atoms with Crippen LogP contribution in [0.3, 0.4) is 0 Å². The molecule has 0 atom stereocenters. The third-order valence-electron chi connectivity index (χ3n) is 0.401.